The van der Waals surface area contributed by atoms with Crippen LogP contribution < -0.4 is 0 Å². The Labute approximate surface area is 91.9 Å². The summed E-state index contributed by atoms with van der Waals surface area (Å²) in [4.78, 5) is 4.36. The molecule has 2 aromatic rings. The fourth-order valence-electron chi connectivity index (χ4n) is 1.44. The Bertz CT molecular complexity index is 631. The molecule has 0 N–H and O–H groups in total. The molecule has 80 valence electrons. The van der Waals surface area contributed by atoms with Gasteiger partial charge in [-0.3, -0.25) is 0 Å². The third-order valence-electron chi connectivity index (χ3n) is 2.36. The summed E-state index contributed by atoms with van der Waals surface area (Å²) in [6, 6.07) is 4.63. The van der Waals surface area contributed by atoms with Crippen LogP contribution in [0.3, 0.4) is 0 Å². The van der Waals surface area contributed by atoms with E-state index in [-0.39, 0.29) is 4.90 Å². The van der Waals surface area contributed by atoms with Gasteiger partial charge in [0.1, 0.15) is 5.82 Å². The van der Waals surface area contributed by atoms with Gasteiger partial charge in [0.05, 0.1) is 15.9 Å². The van der Waals surface area contributed by atoms with Crippen molar-refractivity contribution in [2.24, 2.45) is 7.05 Å². The van der Waals surface area contributed by atoms with Crippen LogP contribution in [0.15, 0.2) is 23.1 Å². The third kappa shape index (κ3) is 1.72. The normalized spacial score (nSPS) is 12.2. The van der Waals surface area contributed by atoms with Crippen LogP contribution in [0.2, 0.25) is 0 Å². The molecular weight excluding hydrogens is 236 g/mol. The first-order chi connectivity index (χ1) is 6.89. The van der Waals surface area contributed by atoms with Crippen molar-refractivity contribution in [2.75, 3.05) is 0 Å². The number of hydrogen-bond donors (Lipinski definition) is 0. The average molecular weight is 245 g/mol. The van der Waals surface area contributed by atoms with Crippen molar-refractivity contribution >= 4 is 30.8 Å². The zero-order chi connectivity index (χ0) is 11.2. The maximum Gasteiger partial charge on any atom is 0.261 e. The van der Waals surface area contributed by atoms with Crippen molar-refractivity contribution in [1.82, 2.24) is 9.55 Å². The topological polar surface area (TPSA) is 52.0 Å². The van der Waals surface area contributed by atoms with Gasteiger partial charge in [0.15, 0.2) is 0 Å². The molecule has 0 spiro atoms. The van der Waals surface area contributed by atoms with Gasteiger partial charge in [0, 0.05) is 17.7 Å². The molecule has 1 aromatic carbocycles. The molecule has 6 heteroatoms. The molecule has 0 saturated heterocycles. The summed E-state index contributed by atoms with van der Waals surface area (Å²) in [7, 11) is 3.42. The maximum absolute atomic E-state index is 11.1. The second-order valence-electron chi connectivity index (χ2n) is 3.31. The van der Waals surface area contributed by atoms with Crippen LogP contribution in [0.5, 0.6) is 0 Å². The van der Waals surface area contributed by atoms with E-state index in [4.69, 9.17) is 10.7 Å². The van der Waals surface area contributed by atoms with Crippen LogP contribution in [0.25, 0.3) is 11.0 Å². The Morgan fingerprint density at radius 2 is 2.07 bits per heavy atom. The highest BCUT2D eigenvalue weighted by Gasteiger charge is 2.12. The molecule has 2 rings (SSSR count). The lowest BCUT2D eigenvalue weighted by Crippen LogP contribution is -1.93. The van der Waals surface area contributed by atoms with Crippen LogP contribution in [0.1, 0.15) is 5.82 Å². The fraction of sp³-hybridized carbons (Fsp3) is 0.222. The van der Waals surface area contributed by atoms with Crippen molar-refractivity contribution in [3.8, 4) is 0 Å². The van der Waals surface area contributed by atoms with Crippen molar-refractivity contribution in [3.05, 3.63) is 24.0 Å². The van der Waals surface area contributed by atoms with Crippen molar-refractivity contribution in [3.63, 3.8) is 0 Å². The largest absolute Gasteiger partial charge is 0.331 e. The number of imidazole rings is 1. The molecule has 0 atom stereocenters. The molecule has 0 unspecified atom stereocenters. The predicted octanol–water partition coefficient (Wildman–Crippen LogP) is 1.81. The van der Waals surface area contributed by atoms with Crippen molar-refractivity contribution < 1.29 is 8.42 Å². The minimum Gasteiger partial charge on any atom is -0.331 e. The summed E-state index contributed by atoms with van der Waals surface area (Å²) in [5.41, 5.74) is 1.52. The van der Waals surface area contributed by atoms with Crippen LogP contribution in [0.4, 0.5) is 0 Å². The second kappa shape index (κ2) is 3.21. The Hall–Kier alpha value is -1.07. The van der Waals surface area contributed by atoms with Gasteiger partial charge in [0.2, 0.25) is 0 Å². The monoisotopic (exact) mass is 244 g/mol. The van der Waals surface area contributed by atoms with Gasteiger partial charge in [-0.05, 0) is 25.1 Å². The summed E-state index contributed by atoms with van der Waals surface area (Å²) in [5.74, 6) is 0.828. The lowest BCUT2D eigenvalue weighted by atomic mass is 10.3. The number of halogens is 1. The summed E-state index contributed by atoms with van der Waals surface area (Å²) in [6.07, 6.45) is 0. The molecule has 4 nitrogen and oxygen atoms in total. The molecule has 1 heterocycles. The van der Waals surface area contributed by atoms with E-state index in [0.717, 1.165) is 16.9 Å². The molecule has 0 aliphatic carbocycles. The zero-order valence-corrected chi connectivity index (χ0v) is 9.80. The van der Waals surface area contributed by atoms with Crippen LogP contribution in [0, 0.1) is 6.92 Å². The molecule has 0 fully saturated rings. The summed E-state index contributed by atoms with van der Waals surface area (Å²) in [5, 5.41) is 0. The third-order valence-corrected chi connectivity index (χ3v) is 3.71. The van der Waals surface area contributed by atoms with E-state index in [1.54, 1.807) is 6.07 Å². The van der Waals surface area contributed by atoms with E-state index in [2.05, 4.69) is 4.98 Å². The molecular formula is C9H9ClN2O2S. The molecule has 0 aliphatic rings. The van der Waals surface area contributed by atoms with Gasteiger partial charge in [-0.2, -0.15) is 0 Å². The summed E-state index contributed by atoms with van der Waals surface area (Å²) >= 11 is 0. The number of benzene rings is 1. The van der Waals surface area contributed by atoms with Gasteiger partial charge in [-0.25, -0.2) is 13.4 Å². The molecule has 0 radical (unpaired) electrons. The summed E-state index contributed by atoms with van der Waals surface area (Å²) in [6.45, 7) is 1.86. The summed E-state index contributed by atoms with van der Waals surface area (Å²) < 4.78 is 24.1. The molecule has 0 aliphatic heterocycles. The molecule has 1 aromatic heterocycles. The molecule has 0 saturated carbocycles. The minimum atomic E-state index is -3.67. The highest BCUT2D eigenvalue weighted by Crippen LogP contribution is 2.21. The Balaban J connectivity index is 2.81. The number of fused-ring (bicyclic) bond motifs is 1. The zero-order valence-electron chi connectivity index (χ0n) is 8.23. The van der Waals surface area contributed by atoms with Crippen molar-refractivity contribution in [2.45, 2.75) is 11.8 Å². The Morgan fingerprint density at radius 1 is 1.40 bits per heavy atom. The first-order valence-electron chi connectivity index (χ1n) is 4.27. The van der Waals surface area contributed by atoms with E-state index in [1.807, 2.05) is 18.5 Å². The Morgan fingerprint density at radius 3 is 2.67 bits per heavy atom. The fourth-order valence-corrected chi connectivity index (χ4v) is 2.21. The van der Waals surface area contributed by atoms with Gasteiger partial charge < -0.3 is 4.57 Å². The maximum atomic E-state index is 11.1. The average Bonchev–Trinajstić information content (AvgIpc) is 2.41. The Kier molecular flexibility index (Phi) is 2.24. The quantitative estimate of drug-likeness (QED) is 0.719. The minimum absolute atomic E-state index is 0.0969. The van der Waals surface area contributed by atoms with Gasteiger partial charge in [-0.15, -0.1) is 0 Å². The highest BCUT2D eigenvalue weighted by atomic mass is 35.7. The number of aromatic nitrogens is 2. The van der Waals surface area contributed by atoms with Crippen LogP contribution in [-0.2, 0) is 16.1 Å². The van der Waals surface area contributed by atoms with E-state index in [0.29, 0.717) is 0 Å². The number of nitrogens with zero attached hydrogens (tertiary/aromatic N) is 2. The van der Waals surface area contributed by atoms with Crippen LogP contribution >= 0.6 is 10.7 Å². The SMILES string of the molecule is Cc1nc2ccc(S(=O)(=O)Cl)cc2n1C. The smallest absolute Gasteiger partial charge is 0.261 e. The lowest BCUT2D eigenvalue weighted by Gasteiger charge is -1.98. The van der Waals surface area contributed by atoms with E-state index >= 15 is 0 Å². The van der Waals surface area contributed by atoms with Crippen molar-refractivity contribution in [1.29, 1.82) is 0 Å². The highest BCUT2D eigenvalue weighted by molar-refractivity contribution is 8.13. The number of aryl methyl sites for hydroxylation is 2. The predicted molar refractivity (Wildman–Crippen MR) is 58.5 cm³/mol. The van der Waals surface area contributed by atoms with E-state index in [1.165, 1.54) is 12.1 Å². The van der Waals surface area contributed by atoms with E-state index in [9.17, 15) is 8.42 Å². The molecule has 0 amide bonds. The van der Waals surface area contributed by atoms with Gasteiger partial charge in [0.25, 0.3) is 9.05 Å². The van der Waals surface area contributed by atoms with Crippen LogP contribution in [-0.4, -0.2) is 18.0 Å². The standard InChI is InChI=1S/C9H9ClN2O2S/c1-6-11-8-4-3-7(15(10,13)14)5-9(8)12(6)2/h3-5H,1-2H3. The van der Waals surface area contributed by atoms with Gasteiger partial charge in [-0.1, -0.05) is 0 Å². The first-order valence-corrected chi connectivity index (χ1v) is 6.58. The first kappa shape index (κ1) is 10.4. The second-order valence-corrected chi connectivity index (χ2v) is 5.87. The number of hydrogen-bond acceptors (Lipinski definition) is 3. The lowest BCUT2D eigenvalue weighted by molar-refractivity contribution is 0.609. The van der Waals surface area contributed by atoms with Gasteiger partial charge >= 0.3 is 0 Å². The number of rotatable bonds is 1. The molecule has 0 bridgehead atoms. The molecule has 15 heavy (non-hydrogen) atoms. The van der Waals surface area contributed by atoms with E-state index < -0.39 is 9.05 Å².